The summed E-state index contributed by atoms with van der Waals surface area (Å²) >= 11 is 8.81. The predicted molar refractivity (Wildman–Crippen MR) is 100.0 cm³/mol. The Balaban J connectivity index is 1.41. The lowest BCUT2D eigenvalue weighted by atomic mass is 10.2. The van der Waals surface area contributed by atoms with E-state index in [1.807, 2.05) is 30.3 Å². The highest BCUT2D eigenvalue weighted by molar-refractivity contribution is 8.01. The summed E-state index contributed by atoms with van der Waals surface area (Å²) in [6, 6.07) is 11.2. The van der Waals surface area contributed by atoms with E-state index in [2.05, 4.69) is 20.8 Å². The largest absolute Gasteiger partial charge is 0.467 e. The van der Waals surface area contributed by atoms with E-state index in [4.69, 9.17) is 16.0 Å². The fourth-order valence-electron chi connectivity index (χ4n) is 1.93. The number of rotatable bonds is 8. The normalized spacial score (nSPS) is 10.6. The molecule has 0 atom stereocenters. The fraction of sp³-hybridized carbons (Fsp3) is 0.188. The summed E-state index contributed by atoms with van der Waals surface area (Å²) in [5.74, 6) is 1.02. The topological polar surface area (TPSA) is 80.1 Å². The van der Waals surface area contributed by atoms with Crippen LogP contribution in [0.15, 0.2) is 51.4 Å². The molecule has 130 valence electrons. The minimum absolute atomic E-state index is 0.0785. The molecule has 1 amide bonds. The van der Waals surface area contributed by atoms with Gasteiger partial charge in [-0.15, -0.1) is 10.2 Å². The maximum atomic E-state index is 11.9. The van der Waals surface area contributed by atoms with Crippen molar-refractivity contribution < 1.29 is 9.21 Å². The number of nitrogens with one attached hydrogen (secondary N) is 2. The van der Waals surface area contributed by atoms with Crippen molar-refractivity contribution in [2.75, 3.05) is 11.1 Å². The third-order valence-electron chi connectivity index (χ3n) is 3.16. The monoisotopic (exact) mass is 394 g/mol. The van der Waals surface area contributed by atoms with E-state index in [0.717, 1.165) is 15.7 Å². The highest BCUT2D eigenvalue weighted by Gasteiger charge is 2.09. The first-order chi connectivity index (χ1) is 12.2. The van der Waals surface area contributed by atoms with Gasteiger partial charge in [-0.1, -0.05) is 52.9 Å². The minimum atomic E-state index is -0.0785. The number of aromatic nitrogens is 2. The van der Waals surface area contributed by atoms with Gasteiger partial charge >= 0.3 is 0 Å². The molecule has 0 saturated heterocycles. The zero-order chi connectivity index (χ0) is 17.5. The Kier molecular flexibility index (Phi) is 6.32. The van der Waals surface area contributed by atoms with Crippen LogP contribution < -0.4 is 10.6 Å². The number of nitrogens with zero attached hydrogens (tertiary/aromatic N) is 2. The molecule has 0 saturated carbocycles. The van der Waals surface area contributed by atoms with Gasteiger partial charge in [-0.25, -0.2) is 0 Å². The van der Waals surface area contributed by atoms with Crippen LogP contribution in [0, 0.1) is 0 Å². The van der Waals surface area contributed by atoms with Crippen LogP contribution in [-0.4, -0.2) is 21.9 Å². The van der Waals surface area contributed by atoms with Gasteiger partial charge < -0.3 is 15.1 Å². The molecule has 3 rings (SSSR count). The average Bonchev–Trinajstić information content (AvgIpc) is 3.29. The molecule has 0 aliphatic rings. The molecule has 3 aromatic rings. The number of hydrogen-bond donors (Lipinski definition) is 2. The molecular formula is C16H15ClN4O2S2. The molecule has 0 fully saturated rings. The van der Waals surface area contributed by atoms with E-state index in [1.54, 1.807) is 12.3 Å². The lowest BCUT2D eigenvalue weighted by molar-refractivity contribution is -0.118. The third-order valence-corrected chi connectivity index (χ3v) is 5.54. The van der Waals surface area contributed by atoms with E-state index >= 15 is 0 Å². The number of halogens is 1. The summed E-state index contributed by atoms with van der Waals surface area (Å²) in [6.45, 7) is 0.954. The summed E-state index contributed by atoms with van der Waals surface area (Å²) < 4.78 is 5.97. The molecule has 0 unspecified atom stereocenters. The van der Waals surface area contributed by atoms with Crippen molar-refractivity contribution in [2.24, 2.45) is 0 Å². The molecule has 0 aliphatic heterocycles. The van der Waals surface area contributed by atoms with Gasteiger partial charge in [0, 0.05) is 11.6 Å². The number of thioether (sulfide) groups is 1. The smallest absolute Gasteiger partial charge is 0.230 e. The number of benzene rings is 1. The van der Waals surface area contributed by atoms with Crippen LogP contribution in [0.25, 0.3) is 0 Å². The Bertz CT molecular complexity index is 823. The number of carbonyl (C=O) groups is 1. The summed E-state index contributed by atoms with van der Waals surface area (Å²) in [7, 11) is 0. The summed E-state index contributed by atoms with van der Waals surface area (Å²) in [6.07, 6.45) is 1.62. The predicted octanol–water partition coefficient (Wildman–Crippen LogP) is 3.81. The summed E-state index contributed by atoms with van der Waals surface area (Å²) in [4.78, 5) is 11.9. The van der Waals surface area contributed by atoms with Crippen LogP contribution >= 0.6 is 34.7 Å². The Hall–Kier alpha value is -2.03. The molecular weight excluding hydrogens is 380 g/mol. The Morgan fingerprint density at radius 1 is 1.20 bits per heavy atom. The van der Waals surface area contributed by atoms with E-state index in [9.17, 15) is 4.79 Å². The number of furan rings is 1. The first-order valence-electron chi connectivity index (χ1n) is 7.43. The van der Waals surface area contributed by atoms with E-state index in [-0.39, 0.29) is 11.7 Å². The average molecular weight is 395 g/mol. The van der Waals surface area contributed by atoms with Crippen molar-refractivity contribution in [2.45, 2.75) is 17.4 Å². The van der Waals surface area contributed by atoms with Gasteiger partial charge in [0.15, 0.2) is 4.34 Å². The molecule has 0 radical (unpaired) electrons. The van der Waals surface area contributed by atoms with Gasteiger partial charge in [0.1, 0.15) is 5.76 Å². The van der Waals surface area contributed by atoms with Crippen molar-refractivity contribution in [1.29, 1.82) is 0 Å². The van der Waals surface area contributed by atoms with Gasteiger partial charge in [-0.3, -0.25) is 4.79 Å². The first kappa shape index (κ1) is 17.8. The van der Waals surface area contributed by atoms with E-state index in [0.29, 0.717) is 23.2 Å². The molecule has 9 heteroatoms. The quantitative estimate of drug-likeness (QED) is 0.565. The van der Waals surface area contributed by atoms with Gasteiger partial charge in [0.2, 0.25) is 11.0 Å². The zero-order valence-electron chi connectivity index (χ0n) is 13.1. The summed E-state index contributed by atoms with van der Waals surface area (Å²) in [5.41, 5.74) is 0.892. The van der Waals surface area contributed by atoms with Crippen LogP contribution in [0.4, 0.5) is 5.13 Å². The molecule has 0 bridgehead atoms. The summed E-state index contributed by atoms with van der Waals surface area (Å²) in [5, 5.41) is 15.4. The van der Waals surface area contributed by atoms with Gasteiger partial charge in [0.25, 0.3) is 0 Å². The first-order valence-corrected chi connectivity index (χ1v) is 9.61. The number of anilines is 1. The molecule has 2 heterocycles. The van der Waals surface area contributed by atoms with Crippen LogP contribution in [0.1, 0.15) is 11.3 Å². The second kappa shape index (κ2) is 8.89. The number of amides is 1. The Morgan fingerprint density at radius 3 is 2.88 bits per heavy atom. The maximum absolute atomic E-state index is 11.9. The maximum Gasteiger partial charge on any atom is 0.230 e. The highest BCUT2D eigenvalue weighted by Crippen LogP contribution is 2.25. The Morgan fingerprint density at radius 2 is 2.08 bits per heavy atom. The standard InChI is InChI=1S/C16H15ClN4O2S2/c17-13-6-2-1-4-11(13)8-18-14(22)10-24-16-21-20-15(25-16)19-9-12-5-3-7-23-12/h1-7H,8-10H2,(H,18,22)(H,19,20). The molecule has 1 aromatic carbocycles. The Labute approximate surface area is 158 Å². The van der Waals surface area contributed by atoms with Crippen LogP contribution in [-0.2, 0) is 17.9 Å². The van der Waals surface area contributed by atoms with E-state index in [1.165, 1.54) is 23.1 Å². The molecule has 0 aliphatic carbocycles. The van der Waals surface area contributed by atoms with Gasteiger partial charge in [0.05, 0.1) is 18.6 Å². The van der Waals surface area contributed by atoms with Crippen molar-refractivity contribution in [3.05, 3.63) is 59.0 Å². The molecule has 2 N–H and O–H groups in total. The van der Waals surface area contributed by atoms with Gasteiger partial charge in [-0.05, 0) is 23.8 Å². The van der Waals surface area contributed by atoms with Gasteiger partial charge in [-0.2, -0.15) is 0 Å². The second-order valence-electron chi connectivity index (χ2n) is 4.96. The zero-order valence-corrected chi connectivity index (χ0v) is 15.5. The molecule has 0 spiro atoms. The lowest BCUT2D eigenvalue weighted by Crippen LogP contribution is -2.24. The van der Waals surface area contributed by atoms with Crippen LogP contribution in [0.2, 0.25) is 5.02 Å². The van der Waals surface area contributed by atoms with Crippen molar-refractivity contribution >= 4 is 45.7 Å². The fourth-order valence-corrected chi connectivity index (χ4v) is 3.71. The molecule has 2 aromatic heterocycles. The van der Waals surface area contributed by atoms with Crippen molar-refractivity contribution in [3.63, 3.8) is 0 Å². The van der Waals surface area contributed by atoms with Crippen molar-refractivity contribution in [1.82, 2.24) is 15.5 Å². The second-order valence-corrected chi connectivity index (χ2v) is 7.57. The SMILES string of the molecule is O=C(CSc1nnc(NCc2ccco2)s1)NCc1ccccc1Cl. The van der Waals surface area contributed by atoms with Crippen LogP contribution in [0.3, 0.4) is 0 Å². The molecule has 25 heavy (non-hydrogen) atoms. The minimum Gasteiger partial charge on any atom is -0.467 e. The molecule has 6 nitrogen and oxygen atoms in total. The third kappa shape index (κ3) is 5.48. The van der Waals surface area contributed by atoms with Crippen molar-refractivity contribution in [3.8, 4) is 0 Å². The lowest BCUT2D eigenvalue weighted by Gasteiger charge is -2.05. The van der Waals surface area contributed by atoms with E-state index < -0.39 is 0 Å². The highest BCUT2D eigenvalue weighted by atomic mass is 35.5. The number of carbonyl (C=O) groups excluding carboxylic acids is 1. The van der Waals surface area contributed by atoms with Crippen LogP contribution in [0.5, 0.6) is 0 Å². The number of hydrogen-bond acceptors (Lipinski definition) is 7.